The number of aliphatic hydroxyl groups excluding tert-OH is 1. The van der Waals surface area contributed by atoms with Crippen LogP contribution in [0.15, 0.2) is 42.5 Å². The second-order valence-corrected chi connectivity index (χ2v) is 7.62. The Morgan fingerprint density at radius 1 is 1.11 bits per heavy atom. The predicted octanol–water partition coefficient (Wildman–Crippen LogP) is 4.21. The highest BCUT2D eigenvalue weighted by atomic mass is 35.5. The summed E-state index contributed by atoms with van der Waals surface area (Å²) in [6.45, 7) is 1.87. The third-order valence-corrected chi connectivity index (χ3v) is 6.06. The minimum absolute atomic E-state index is 0.415. The summed E-state index contributed by atoms with van der Waals surface area (Å²) >= 11 is 12.8. The van der Waals surface area contributed by atoms with Crippen molar-refractivity contribution >= 4 is 40.1 Å². The van der Waals surface area contributed by atoms with E-state index in [1.165, 1.54) is 0 Å². The fourth-order valence-corrected chi connectivity index (χ4v) is 4.33. The van der Waals surface area contributed by atoms with Gasteiger partial charge in [-0.05, 0) is 30.7 Å². The molecule has 0 spiro atoms. The van der Waals surface area contributed by atoms with Crippen LogP contribution >= 0.6 is 23.2 Å². The smallest absolute Gasteiger partial charge is 0.154 e. The number of benzene rings is 2. The Labute approximate surface area is 170 Å². The van der Waals surface area contributed by atoms with Gasteiger partial charge < -0.3 is 10.4 Å². The number of nitrogens with zero attached hydrogens (tertiary/aromatic N) is 4. The van der Waals surface area contributed by atoms with Crippen molar-refractivity contribution in [3.63, 3.8) is 0 Å². The quantitative estimate of drug-likeness (QED) is 0.456. The van der Waals surface area contributed by atoms with E-state index in [1.807, 2.05) is 43.3 Å². The molecule has 0 aliphatic carbocycles. The maximum atomic E-state index is 11.3. The molecule has 4 aromatic rings. The molecule has 9 heteroatoms. The van der Waals surface area contributed by atoms with Crippen molar-refractivity contribution < 1.29 is 5.11 Å². The molecule has 3 atom stereocenters. The molecule has 3 heterocycles. The van der Waals surface area contributed by atoms with Gasteiger partial charge in [-0.25, -0.2) is 4.68 Å². The largest absolute Gasteiger partial charge is 0.386 e. The monoisotopic (exact) mass is 414 g/mol. The van der Waals surface area contributed by atoms with Crippen LogP contribution in [0.2, 0.25) is 10.0 Å². The summed E-state index contributed by atoms with van der Waals surface area (Å²) in [4.78, 5) is 0. The number of aromatic amines is 1. The average Bonchev–Trinajstić information content (AvgIpc) is 3.28. The number of fused-ring (bicyclic) bond motifs is 2. The molecule has 0 radical (unpaired) electrons. The van der Waals surface area contributed by atoms with E-state index in [-0.39, 0.29) is 0 Å². The zero-order valence-electron chi connectivity index (χ0n) is 14.8. The van der Waals surface area contributed by atoms with E-state index in [0.29, 0.717) is 21.4 Å². The van der Waals surface area contributed by atoms with Gasteiger partial charge in [0.25, 0.3) is 0 Å². The molecule has 0 unspecified atom stereocenters. The molecule has 28 heavy (non-hydrogen) atoms. The number of para-hydroxylation sites is 1. The van der Waals surface area contributed by atoms with Gasteiger partial charge in [0, 0.05) is 11.3 Å². The summed E-state index contributed by atoms with van der Waals surface area (Å²) in [5.74, 6) is 0.590. The van der Waals surface area contributed by atoms with E-state index in [0.717, 1.165) is 22.3 Å². The number of hydrogen-bond donors (Lipinski definition) is 3. The molecule has 7 nitrogen and oxygen atoms in total. The molecule has 3 N–H and O–H groups in total. The topological polar surface area (TPSA) is 91.6 Å². The van der Waals surface area contributed by atoms with Gasteiger partial charge in [-0.3, -0.25) is 5.10 Å². The summed E-state index contributed by atoms with van der Waals surface area (Å²) in [7, 11) is 0. The van der Waals surface area contributed by atoms with Gasteiger partial charge in [-0.2, -0.15) is 5.10 Å². The molecule has 1 aliphatic heterocycles. The minimum atomic E-state index is -0.875. The predicted molar refractivity (Wildman–Crippen MR) is 108 cm³/mol. The van der Waals surface area contributed by atoms with Crippen LogP contribution in [0.25, 0.3) is 11.0 Å². The van der Waals surface area contributed by atoms with Gasteiger partial charge in [0.05, 0.1) is 21.6 Å². The molecule has 142 valence electrons. The summed E-state index contributed by atoms with van der Waals surface area (Å²) in [5, 5.41) is 31.5. The second kappa shape index (κ2) is 6.48. The lowest BCUT2D eigenvalue weighted by atomic mass is 9.87. The molecule has 5 rings (SSSR count). The maximum Gasteiger partial charge on any atom is 0.154 e. The number of aliphatic hydroxyl groups is 1. The van der Waals surface area contributed by atoms with Crippen LogP contribution in [0.5, 0.6) is 0 Å². The first-order valence-electron chi connectivity index (χ1n) is 8.79. The van der Waals surface area contributed by atoms with Crippen molar-refractivity contribution in [2.24, 2.45) is 0 Å². The number of halogens is 2. The Kier molecular flexibility index (Phi) is 4.04. The van der Waals surface area contributed by atoms with Crippen LogP contribution in [0.4, 0.5) is 5.82 Å². The van der Waals surface area contributed by atoms with Crippen LogP contribution in [-0.2, 0) is 0 Å². The third-order valence-electron chi connectivity index (χ3n) is 5.22. The van der Waals surface area contributed by atoms with Crippen molar-refractivity contribution in [3.8, 4) is 0 Å². The molecule has 2 aromatic carbocycles. The third kappa shape index (κ3) is 2.51. The average molecular weight is 415 g/mol. The number of hydrogen-bond acceptors (Lipinski definition) is 5. The summed E-state index contributed by atoms with van der Waals surface area (Å²) in [5.41, 5.74) is 3.82. The zero-order valence-corrected chi connectivity index (χ0v) is 16.3. The van der Waals surface area contributed by atoms with E-state index in [4.69, 9.17) is 23.2 Å². The Morgan fingerprint density at radius 3 is 2.79 bits per heavy atom. The molecule has 0 fully saturated rings. The Bertz CT molecular complexity index is 1190. The Morgan fingerprint density at radius 2 is 1.93 bits per heavy atom. The van der Waals surface area contributed by atoms with Crippen LogP contribution in [0.1, 0.15) is 35.0 Å². The summed E-state index contributed by atoms with van der Waals surface area (Å²) in [6, 6.07) is 12.2. The molecule has 0 saturated carbocycles. The highest BCUT2D eigenvalue weighted by Gasteiger charge is 2.42. The maximum absolute atomic E-state index is 11.3. The van der Waals surface area contributed by atoms with E-state index >= 15 is 0 Å². The Balaban J connectivity index is 1.74. The van der Waals surface area contributed by atoms with Crippen molar-refractivity contribution in [3.05, 3.63) is 69.3 Å². The van der Waals surface area contributed by atoms with Crippen LogP contribution in [0.3, 0.4) is 0 Å². The van der Waals surface area contributed by atoms with E-state index in [2.05, 4.69) is 25.8 Å². The number of aryl methyl sites for hydroxylation is 1. The van der Waals surface area contributed by atoms with Crippen LogP contribution in [0, 0.1) is 6.92 Å². The zero-order chi connectivity index (χ0) is 19.4. The fourth-order valence-electron chi connectivity index (χ4n) is 3.90. The van der Waals surface area contributed by atoms with Gasteiger partial charge in [-0.15, -0.1) is 5.10 Å². The number of aromatic nitrogens is 5. The van der Waals surface area contributed by atoms with Crippen molar-refractivity contribution in [2.75, 3.05) is 5.32 Å². The first kappa shape index (κ1) is 17.5. The first-order chi connectivity index (χ1) is 13.6. The number of anilines is 1. The highest BCUT2D eigenvalue weighted by Crippen LogP contribution is 2.48. The fraction of sp³-hybridized carbons (Fsp3) is 0.211. The number of nitrogens with one attached hydrogen (secondary N) is 2. The lowest BCUT2D eigenvalue weighted by Crippen LogP contribution is -2.34. The van der Waals surface area contributed by atoms with Gasteiger partial charge in [0.1, 0.15) is 17.7 Å². The lowest BCUT2D eigenvalue weighted by Gasteiger charge is -2.37. The first-order valence-corrected chi connectivity index (χ1v) is 9.55. The Hall–Kier alpha value is -2.61. The SMILES string of the molecule is Cc1[nH]nc2c1[C@@H](O)[C@H](n1nnc3ccccc31)[C@@H](c1cccc(Cl)c1Cl)N2. The van der Waals surface area contributed by atoms with Gasteiger partial charge >= 0.3 is 0 Å². The van der Waals surface area contributed by atoms with Crippen molar-refractivity contribution in [1.29, 1.82) is 0 Å². The van der Waals surface area contributed by atoms with Crippen LogP contribution < -0.4 is 5.32 Å². The molecular weight excluding hydrogens is 399 g/mol. The normalized spacial score (nSPS) is 21.5. The molecule has 0 saturated heterocycles. The van der Waals surface area contributed by atoms with Gasteiger partial charge in [0.15, 0.2) is 5.82 Å². The van der Waals surface area contributed by atoms with Crippen LogP contribution in [-0.4, -0.2) is 30.3 Å². The van der Waals surface area contributed by atoms with E-state index in [1.54, 1.807) is 10.7 Å². The number of rotatable bonds is 2. The summed E-state index contributed by atoms with van der Waals surface area (Å²) < 4.78 is 1.74. The molecule has 1 aliphatic rings. The summed E-state index contributed by atoms with van der Waals surface area (Å²) in [6.07, 6.45) is -0.875. The highest BCUT2D eigenvalue weighted by molar-refractivity contribution is 6.42. The van der Waals surface area contributed by atoms with Gasteiger partial charge in [-0.1, -0.05) is 52.7 Å². The molecule has 0 amide bonds. The number of H-pyrrole nitrogens is 1. The molecule has 2 aromatic heterocycles. The van der Waals surface area contributed by atoms with E-state index < -0.39 is 18.2 Å². The van der Waals surface area contributed by atoms with Crippen molar-refractivity contribution in [2.45, 2.75) is 25.1 Å². The van der Waals surface area contributed by atoms with E-state index in [9.17, 15) is 5.11 Å². The molecular formula is C19H16Cl2N6O. The van der Waals surface area contributed by atoms with Crippen molar-refractivity contribution in [1.82, 2.24) is 25.2 Å². The van der Waals surface area contributed by atoms with Gasteiger partial charge in [0.2, 0.25) is 0 Å². The lowest BCUT2D eigenvalue weighted by molar-refractivity contribution is 0.0901. The standard InChI is InChI=1S/C19H16Cl2N6O/c1-9-14-18(28)17(27-13-8-3-2-7-12(13)24-26-27)16(22-19(14)25-23-9)10-5-4-6-11(20)15(10)21/h2-8,16-18,28H,1H3,(H2,22,23,25)/t16-,17-,18-/m1/s1. The minimum Gasteiger partial charge on any atom is -0.386 e. The second-order valence-electron chi connectivity index (χ2n) is 6.83. The molecule has 0 bridgehead atoms.